The zero-order valence-electron chi connectivity index (χ0n) is 13.0. The molecule has 0 bridgehead atoms. The molecule has 0 aromatic heterocycles. The van der Waals surface area contributed by atoms with Crippen molar-refractivity contribution >= 4 is 11.6 Å². The van der Waals surface area contributed by atoms with E-state index >= 15 is 0 Å². The van der Waals surface area contributed by atoms with Gasteiger partial charge < -0.3 is 10.6 Å². The molecule has 3 nitrogen and oxygen atoms in total. The SMILES string of the molecule is CCCCCC(NCC)c1cc2c(cc1F)NC(=O)CC2. The summed E-state index contributed by atoms with van der Waals surface area (Å²) in [6, 6.07) is 3.47. The summed E-state index contributed by atoms with van der Waals surface area (Å²) in [5.74, 6) is -0.251. The Balaban J connectivity index is 2.21. The highest BCUT2D eigenvalue weighted by atomic mass is 19.1. The topological polar surface area (TPSA) is 41.1 Å². The molecule has 0 saturated carbocycles. The van der Waals surface area contributed by atoms with Crippen LogP contribution in [-0.4, -0.2) is 12.5 Å². The minimum Gasteiger partial charge on any atom is -0.326 e. The van der Waals surface area contributed by atoms with Crippen LogP contribution in [0.25, 0.3) is 0 Å². The Labute approximate surface area is 126 Å². The van der Waals surface area contributed by atoms with Crippen molar-refractivity contribution in [3.8, 4) is 0 Å². The van der Waals surface area contributed by atoms with Gasteiger partial charge in [0.2, 0.25) is 5.91 Å². The fourth-order valence-corrected chi connectivity index (χ4v) is 2.90. The number of benzene rings is 1. The van der Waals surface area contributed by atoms with Gasteiger partial charge in [-0.3, -0.25) is 4.79 Å². The van der Waals surface area contributed by atoms with E-state index in [-0.39, 0.29) is 17.8 Å². The van der Waals surface area contributed by atoms with Crippen LogP contribution >= 0.6 is 0 Å². The molecule has 2 N–H and O–H groups in total. The lowest BCUT2D eigenvalue weighted by molar-refractivity contribution is -0.116. The van der Waals surface area contributed by atoms with E-state index < -0.39 is 0 Å². The molecular formula is C17H25FN2O. The summed E-state index contributed by atoms with van der Waals surface area (Å²) in [7, 11) is 0. The minimum absolute atomic E-state index is 0.0270. The lowest BCUT2D eigenvalue weighted by Crippen LogP contribution is -2.24. The largest absolute Gasteiger partial charge is 0.326 e. The average molecular weight is 292 g/mol. The molecule has 1 aromatic carbocycles. The van der Waals surface area contributed by atoms with Crippen LogP contribution in [0.4, 0.5) is 10.1 Å². The molecular weight excluding hydrogens is 267 g/mol. The maximum absolute atomic E-state index is 14.4. The Morgan fingerprint density at radius 1 is 1.29 bits per heavy atom. The molecule has 4 heteroatoms. The highest BCUT2D eigenvalue weighted by Crippen LogP contribution is 2.30. The van der Waals surface area contributed by atoms with Gasteiger partial charge in [-0.1, -0.05) is 33.1 Å². The number of fused-ring (bicyclic) bond motifs is 1. The van der Waals surface area contributed by atoms with Crippen molar-refractivity contribution in [3.63, 3.8) is 0 Å². The van der Waals surface area contributed by atoms with Crippen LogP contribution in [0.3, 0.4) is 0 Å². The standard InChI is InChI=1S/C17H25FN2O/c1-3-5-6-7-15(19-4-2)13-10-12-8-9-17(21)20-16(12)11-14(13)18/h10-11,15,19H,3-9H2,1-2H3,(H,20,21). The molecule has 0 spiro atoms. The second kappa shape index (κ2) is 7.55. The van der Waals surface area contributed by atoms with Gasteiger partial charge in [0.15, 0.2) is 0 Å². The molecule has 1 unspecified atom stereocenters. The molecule has 1 atom stereocenters. The average Bonchev–Trinajstić information content (AvgIpc) is 2.46. The lowest BCUT2D eigenvalue weighted by atomic mass is 9.94. The fraction of sp³-hybridized carbons (Fsp3) is 0.588. The number of nitrogens with one attached hydrogen (secondary N) is 2. The summed E-state index contributed by atoms with van der Waals surface area (Å²) < 4.78 is 14.4. The van der Waals surface area contributed by atoms with E-state index in [2.05, 4.69) is 17.6 Å². The third-order valence-corrected chi connectivity index (χ3v) is 4.04. The number of hydrogen-bond acceptors (Lipinski definition) is 2. The second-order valence-corrected chi connectivity index (χ2v) is 5.69. The van der Waals surface area contributed by atoms with Gasteiger partial charge in [0, 0.05) is 23.7 Å². The van der Waals surface area contributed by atoms with E-state index in [0.717, 1.165) is 36.9 Å². The summed E-state index contributed by atoms with van der Waals surface area (Å²) in [5.41, 5.74) is 2.42. The van der Waals surface area contributed by atoms with Crippen LogP contribution in [0.15, 0.2) is 12.1 Å². The van der Waals surface area contributed by atoms with Gasteiger partial charge in [-0.2, -0.15) is 0 Å². The molecule has 2 rings (SSSR count). The first kappa shape index (κ1) is 16.0. The van der Waals surface area contributed by atoms with E-state index in [0.29, 0.717) is 18.5 Å². The maximum Gasteiger partial charge on any atom is 0.224 e. The molecule has 0 radical (unpaired) electrons. The van der Waals surface area contributed by atoms with Crippen molar-refractivity contribution in [2.75, 3.05) is 11.9 Å². The van der Waals surface area contributed by atoms with Gasteiger partial charge in [0.05, 0.1) is 0 Å². The van der Waals surface area contributed by atoms with Crippen molar-refractivity contribution in [2.45, 2.75) is 58.4 Å². The van der Waals surface area contributed by atoms with Gasteiger partial charge in [-0.15, -0.1) is 0 Å². The van der Waals surface area contributed by atoms with Crippen molar-refractivity contribution in [1.29, 1.82) is 0 Å². The highest BCUT2D eigenvalue weighted by molar-refractivity contribution is 5.93. The zero-order valence-corrected chi connectivity index (χ0v) is 13.0. The molecule has 1 aliphatic rings. The minimum atomic E-state index is -0.224. The van der Waals surface area contributed by atoms with Crippen LogP contribution in [0.2, 0.25) is 0 Å². The lowest BCUT2D eigenvalue weighted by Gasteiger charge is -2.23. The Morgan fingerprint density at radius 3 is 2.81 bits per heavy atom. The molecule has 1 aliphatic heterocycles. The summed E-state index contributed by atoms with van der Waals surface area (Å²) in [5, 5.41) is 6.14. The third kappa shape index (κ3) is 4.03. The fourth-order valence-electron chi connectivity index (χ4n) is 2.90. The predicted molar refractivity (Wildman–Crippen MR) is 83.9 cm³/mol. The molecule has 0 fully saturated rings. The van der Waals surface area contributed by atoms with Crippen LogP contribution in [0.1, 0.15) is 63.1 Å². The number of amides is 1. The predicted octanol–water partition coefficient (Wildman–Crippen LogP) is 3.94. The first-order chi connectivity index (χ1) is 10.2. The van der Waals surface area contributed by atoms with E-state index in [4.69, 9.17) is 0 Å². The van der Waals surface area contributed by atoms with Crippen LogP contribution in [0.5, 0.6) is 0 Å². The Bertz CT molecular complexity index is 502. The van der Waals surface area contributed by atoms with E-state index in [1.165, 1.54) is 12.5 Å². The molecule has 0 aliphatic carbocycles. The second-order valence-electron chi connectivity index (χ2n) is 5.69. The zero-order chi connectivity index (χ0) is 15.2. The number of anilines is 1. The van der Waals surface area contributed by atoms with Crippen molar-refractivity contribution < 1.29 is 9.18 Å². The van der Waals surface area contributed by atoms with E-state index in [1.54, 1.807) is 0 Å². The summed E-state index contributed by atoms with van der Waals surface area (Å²) in [6.45, 7) is 5.04. The molecule has 1 amide bonds. The normalized spacial score (nSPS) is 15.5. The number of carbonyl (C=O) groups excluding carboxylic acids is 1. The number of rotatable bonds is 7. The number of halogens is 1. The number of hydrogen-bond donors (Lipinski definition) is 2. The summed E-state index contributed by atoms with van der Waals surface area (Å²) >= 11 is 0. The Kier molecular flexibility index (Phi) is 5.74. The van der Waals surface area contributed by atoms with Gasteiger partial charge in [-0.25, -0.2) is 4.39 Å². The number of aryl methyl sites for hydroxylation is 1. The van der Waals surface area contributed by atoms with Crippen LogP contribution in [-0.2, 0) is 11.2 Å². The molecule has 21 heavy (non-hydrogen) atoms. The van der Waals surface area contributed by atoms with E-state index in [1.807, 2.05) is 13.0 Å². The van der Waals surface area contributed by atoms with Crippen molar-refractivity contribution in [3.05, 3.63) is 29.1 Å². The first-order valence-electron chi connectivity index (χ1n) is 8.01. The Hall–Kier alpha value is -1.42. The first-order valence-corrected chi connectivity index (χ1v) is 8.01. The van der Waals surface area contributed by atoms with Gasteiger partial charge in [0.25, 0.3) is 0 Å². The summed E-state index contributed by atoms with van der Waals surface area (Å²) in [4.78, 5) is 11.4. The summed E-state index contributed by atoms with van der Waals surface area (Å²) in [6.07, 6.45) is 5.56. The van der Waals surface area contributed by atoms with Gasteiger partial charge in [0.1, 0.15) is 5.82 Å². The smallest absolute Gasteiger partial charge is 0.224 e. The van der Waals surface area contributed by atoms with Gasteiger partial charge in [-0.05, 0) is 37.1 Å². The van der Waals surface area contributed by atoms with Crippen molar-refractivity contribution in [2.24, 2.45) is 0 Å². The monoisotopic (exact) mass is 292 g/mol. The number of unbranched alkanes of at least 4 members (excludes halogenated alkanes) is 2. The Morgan fingerprint density at radius 2 is 2.10 bits per heavy atom. The quantitative estimate of drug-likeness (QED) is 0.747. The molecule has 116 valence electrons. The van der Waals surface area contributed by atoms with Crippen LogP contribution < -0.4 is 10.6 Å². The highest BCUT2D eigenvalue weighted by Gasteiger charge is 2.21. The van der Waals surface area contributed by atoms with Gasteiger partial charge >= 0.3 is 0 Å². The maximum atomic E-state index is 14.4. The molecule has 0 saturated heterocycles. The third-order valence-electron chi connectivity index (χ3n) is 4.04. The number of carbonyl (C=O) groups is 1. The van der Waals surface area contributed by atoms with E-state index in [9.17, 15) is 9.18 Å². The molecule has 1 aromatic rings. The van der Waals surface area contributed by atoms with Crippen LogP contribution in [0, 0.1) is 5.82 Å². The molecule has 1 heterocycles. The van der Waals surface area contributed by atoms with Crippen molar-refractivity contribution in [1.82, 2.24) is 5.32 Å².